The molecule has 17 heteroatoms. The summed E-state index contributed by atoms with van der Waals surface area (Å²) in [7, 11) is 0. The van der Waals surface area contributed by atoms with Gasteiger partial charge in [-0.1, -0.05) is 6.07 Å². The van der Waals surface area contributed by atoms with E-state index in [1.165, 1.54) is 18.2 Å². The number of fused-ring (bicyclic) bond motifs is 1. The molecule has 1 saturated heterocycles. The van der Waals surface area contributed by atoms with Crippen molar-refractivity contribution < 1.29 is 46.7 Å². The first kappa shape index (κ1) is 36.7. The van der Waals surface area contributed by atoms with Crippen LogP contribution in [0.3, 0.4) is 0 Å². The SMILES string of the molecule is O=C1CCC(N2C(=O)c3cccc(NCCOCCNCCCONC(=O)c4ccc(F)c(F)c4Nc4ccc(I)cc4F)c3C2=O)C(=O)N1. The molecule has 1 atom stereocenters. The lowest BCUT2D eigenvalue weighted by atomic mass is 10.0. The maximum absolute atomic E-state index is 14.6. The first-order valence-electron chi connectivity index (χ1n) is 15.6. The predicted molar refractivity (Wildman–Crippen MR) is 182 cm³/mol. The Bertz CT molecular complexity index is 1810. The van der Waals surface area contributed by atoms with Crippen LogP contribution >= 0.6 is 22.6 Å². The summed E-state index contributed by atoms with van der Waals surface area (Å²) in [6, 6.07) is 9.72. The topological polar surface area (TPSA) is 167 Å². The number of ether oxygens (including phenoxy) is 1. The minimum Gasteiger partial charge on any atom is -0.382 e. The molecule has 0 bridgehead atoms. The van der Waals surface area contributed by atoms with Crippen molar-refractivity contribution in [2.75, 3.05) is 50.1 Å². The number of carbonyl (C=O) groups is 5. The second-order valence-electron chi connectivity index (χ2n) is 11.1. The molecule has 5 rings (SSSR count). The molecule has 5 amide bonds. The molecule has 13 nitrogen and oxygen atoms in total. The average molecular weight is 809 g/mol. The minimum absolute atomic E-state index is 0.0361. The van der Waals surface area contributed by atoms with Gasteiger partial charge in [-0.2, -0.15) is 0 Å². The lowest BCUT2D eigenvalue weighted by Crippen LogP contribution is -2.54. The summed E-state index contributed by atoms with van der Waals surface area (Å²) >= 11 is 1.90. The Morgan fingerprint density at radius 2 is 1.72 bits per heavy atom. The summed E-state index contributed by atoms with van der Waals surface area (Å²) in [5.74, 6) is -6.41. The molecule has 3 aromatic rings. The number of nitrogens with zero attached hydrogens (tertiary/aromatic N) is 1. The molecule has 264 valence electrons. The van der Waals surface area contributed by atoms with Gasteiger partial charge in [-0.25, -0.2) is 18.7 Å². The molecular formula is C33H32F3IN6O7. The van der Waals surface area contributed by atoms with Crippen LogP contribution in [0.1, 0.15) is 50.3 Å². The van der Waals surface area contributed by atoms with Crippen molar-refractivity contribution >= 4 is 69.2 Å². The van der Waals surface area contributed by atoms with Crippen molar-refractivity contribution in [3.05, 3.63) is 86.2 Å². The van der Waals surface area contributed by atoms with Crippen molar-refractivity contribution in [3.63, 3.8) is 0 Å². The van der Waals surface area contributed by atoms with Crippen LogP contribution in [-0.4, -0.2) is 79.9 Å². The standard InChI is InChI=1S/C33H32F3IN6O7/c34-21-7-6-20(29(28(21)36)40-23-8-5-18(37)17-22(23)35)30(45)42-50-14-2-11-38-12-15-49-16-13-39-24-4-1-3-19-27(24)33(48)43(32(19)47)25-9-10-26(44)41-31(25)46/h1,3-8,17,25,38-40H,2,9-16H2,(H,42,45)(H,41,44,46). The number of nitrogens with one attached hydrogen (secondary N) is 5. The largest absolute Gasteiger partial charge is 0.382 e. The normalized spacial score (nSPS) is 15.6. The number of benzene rings is 3. The fourth-order valence-corrected chi connectivity index (χ4v) is 5.77. The van der Waals surface area contributed by atoms with Gasteiger partial charge in [0.05, 0.1) is 47.9 Å². The summed E-state index contributed by atoms with van der Waals surface area (Å²) in [4.78, 5) is 68.7. The van der Waals surface area contributed by atoms with E-state index >= 15 is 0 Å². The van der Waals surface area contributed by atoms with Gasteiger partial charge in [0.25, 0.3) is 17.7 Å². The van der Waals surface area contributed by atoms with E-state index in [1.54, 1.807) is 18.2 Å². The highest BCUT2D eigenvalue weighted by atomic mass is 127. The maximum atomic E-state index is 14.6. The number of hydroxylamine groups is 1. The van der Waals surface area contributed by atoms with Crippen molar-refractivity contribution in [1.82, 2.24) is 21.0 Å². The maximum Gasteiger partial charge on any atom is 0.277 e. The lowest BCUT2D eigenvalue weighted by Gasteiger charge is -2.27. The molecule has 1 unspecified atom stereocenters. The van der Waals surface area contributed by atoms with Crippen LogP contribution in [0.2, 0.25) is 0 Å². The fourth-order valence-electron chi connectivity index (χ4n) is 5.32. The molecule has 0 aromatic heterocycles. The van der Waals surface area contributed by atoms with E-state index in [2.05, 4.69) is 26.7 Å². The van der Waals surface area contributed by atoms with Crippen LogP contribution in [0.5, 0.6) is 0 Å². The molecule has 2 aliphatic rings. The number of imide groups is 2. The molecule has 50 heavy (non-hydrogen) atoms. The van der Waals surface area contributed by atoms with Crippen LogP contribution in [-0.2, 0) is 19.2 Å². The summed E-state index contributed by atoms with van der Waals surface area (Å²) in [5, 5.41) is 10.9. The Labute approximate surface area is 297 Å². The molecule has 2 aliphatic heterocycles. The van der Waals surface area contributed by atoms with Crippen molar-refractivity contribution in [2.45, 2.75) is 25.3 Å². The molecular weight excluding hydrogens is 776 g/mol. The van der Waals surface area contributed by atoms with Gasteiger partial charge in [-0.15, -0.1) is 0 Å². The molecule has 0 aliphatic carbocycles. The predicted octanol–water partition coefficient (Wildman–Crippen LogP) is 3.62. The molecule has 1 fully saturated rings. The van der Waals surface area contributed by atoms with E-state index in [0.29, 0.717) is 41.9 Å². The Morgan fingerprint density at radius 1 is 0.920 bits per heavy atom. The Kier molecular flexibility index (Phi) is 12.4. The second kappa shape index (κ2) is 16.9. The minimum atomic E-state index is -1.34. The lowest BCUT2D eigenvalue weighted by molar-refractivity contribution is -0.136. The summed E-state index contributed by atoms with van der Waals surface area (Å²) in [6.45, 7) is 2.10. The average Bonchev–Trinajstić information content (AvgIpc) is 3.34. The van der Waals surface area contributed by atoms with Gasteiger partial charge < -0.3 is 20.7 Å². The molecule has 3 aromatic carbocycles. The Balaban J connectivity index is 0.971. The van der Waals surface area contributed by atoms with Crippen LogP contribution in [0.15, 0.2) is 48.5 Å². The fraction of sp³-hybridized carbons (Fsp3) is 0.303. The number of piperidine rings is 1. The number of amides is 5. The number of rotatable bonds is 16. The highest BCUT2D eigenvalue weighted by Crippen LogP contribution is 2.32. The monoisotopic (exact) mass is 808 g/mol. The summed E-state index contributed by atoms with van der Waals surface area (Å²) in [5.41, 5.74) is 2.02. The Morgan fingerprint density at radius 3 is 2.50 bits per heavy atom. The number of carbonyl (C=O) groups excluding carboxylic acids is 5. The number of anilines is 3. The molecule has 0 radical (unpaired) electrons. The van der Waals surface area contributed by atoms with E-state index in [-0.39, 0.29) is 48.4 Å². The highest BCUT2D eigenvalue weighted by molar-refractivity contribution is 14.1. The molecule has 0 saturated carbocycles. The van der Waals surface area contributed by atoms with Gasteiger partial charge in [-0.3, -0.25) is 39.0 Å². The number of halogens is 4. The van der Waals surface area contributed by atoms with Gasteiger partial charge in [0, 0.05) is 28.8 Å². The number of hydrogen-bond acceptors (Lipinski definition) is 10. The smallest absolute Gasteiger partial charge is 0.277 e. The first-order valence-corrected chi connectivity index (χ1v) is 16.6. The molecule has 0 spiro atoms. The van der Waals surface area contributed by atoms with Gasteiger partial charge in [0.2, 0.25) is 11.8 Å². The second-order valence-corrected chi connectivity index (χ2v) is 12.4. The molecule has 2 heterocycles. The highest BCUT2D eigenvalue weighted by Gasteiger charge is 2.45. The van der Waals surface area contributed by atoms with Gasteiger partial charge in [-0.05, 0) is 84.4 Å². The van der Waals surface area contributed by atoms with E-state index < -0.39 is 58.7 Å². The van der Waals surface area contributed by atoms with Gasteiger partial charge in [0.1, 0.15) is 11.9 Å². The summed E-state index contributed by atoms with van der Waals surface area (Å²) < 4.78 is 49.0. The van der Waals surface area contributed by atoms with Gasteiger partial charge in [0.15, 0.2) is 11.6 Å². The van der Waals surface area contributed by atoms with Crippen LogP contribution in [0.25, 0.3) is 0 Å². The van der Waals surface area contributed by atoms with Crippen LogP contribution in [0, 0.1) is 21.0 Å². The molecule has 5 N–H and O–H groups in total. The van der Waals surface area contributed by atoms with E-state index in [1.807, 2.05) is 22.6 Å². The van der Waals surface area contributed by atoms with Crippen LogP contribution < -0.4 is 26.7 Å². The van der Waals surface area contributed by atoms with Crippen molar-refractivity contribution in [3.8, 4) is 0 Å². The van der Waals surface area contributed by atoms with Crippen LogP contribution in [0.4, 0.5) is 30.2 Å². The summed E-state index contributed by atoms with van der Waals surface area (Å²) in [6.07, 6.45) is 0.594. The third-order valence-electron chi connectivity index (χ3n) is 7.75. The van der Waals surface area contributed by atoms with Gasteiger partial charge >= 0.3 is 0 Å². The van der Waals surface area contributed by atoms with Crippen molar-refractivity contribution in [2.24, 2.45) is 0 Å². The quantitative estimate of drug-likeness (QED) is 0.0625. The zero-order chi connectivity index (χ0) is 35.8. The van der Waals surface area contributed by atoms with Crippen molar-refractivity contribution in [1.29, 1.82) is 0 Å². The van der Waals surface area contributed by atoms with E-state index in [0.717, 1.165) is 17.0 Å². The first-order chi connectivity index (χ1) is 24.1. The third kappa shape index (κ3) is 8.58. The zero-order valence-electron chi connectivity index (χ0n) is 26.4. The third-order valence-corrected chi connectivity index (χ3v) is 8.42. The Hall–Kier alpha value is -4.59. The van der Waals surface area contributed by atoms with E-state index in [9.17, 15) is 37.1 Å². The zero-order valence-corrected chi connectivity index (χ0v) is 28.5. The number of hydrogen-bond donors (Lipinski definition) is 5. The van der Waals surface area contributed by atoms with E-state index in [4.69, 9.17) is 9.57 Å².